The van der Waals surface area contributed by atoms with Gasteiger partial charge in [-0.1, -0.05) is 87.0 Å². The topological polar surface area (TPSA) is 72.5 Å². The zero-order chi connectivity index (χ0) is 25.0. The van der Waals surface area contributed by atoms with Crippen LogP contribution in [0.4, 0.5) is 0 Å². The van der Waals surface area contributed by atoms with Crippen LogP contribution >= 0.6 is 0 Å². The minimum absolute atomic E-state index is 0.263. The summed E-state index contributed by atoms with van der Waals surface area (Å²) < 4.78 is 5.35. The van der Waals surface area contributed by atoms with Gasteiger partial charge in [-0.25, -0.2) is 4.79 Å². The summed E-state index contributed by atoms with van der Waals surface area (Å²) in [6.07, 6.45) is 4.32. The summed E-state index contributed by atoms with van der Waals surface area (Å²) >= 11 is 0. The molecular weight excluding hydrogens is 438 g/mol. The molecule has 0 saturated carbocycles. The smallest absolute Gasteiger partial charge is 0.329 e. The average molecular weight is 472 g/mol. The van der Waals surface area contributed by atoms with E-state index in [0.29, 0.717) is 11.1 Å². The van der Waals surface area contributed by atoms with Gasteiger partial charge in [-0.05, 0) is 48.1 Å². The van der Waals surface area contributed by atoms with Crippen LogP contribution in [0.25, 0.3) is 0 Å². The van der Waals surface area contributed by atoms with Crippen molar-refractivity contribution in [1.29, 1.82) is 0 Å². The van der Waals surface area contributed by atoms with Gasteiger partial charge in [0, 0.05) is 17.5 Å². The van der Waals surface area contributed by atoms with Crippen LogP contribution in [0.2, 0.25) is 0 Å². The molecule has 0 unspecified atom stereocenters. The highest BCUT2D eigenvalue weighted by Gasteiger charge is 2.24. The van der Waals surface area contributed by atoms with Gasteiger partial charge >= 0.3 is 5.97 Å². The number of rotatable bonds is 12. The lowest BCUT2D eigenvalue weighted by molar-refractivity contribution is -0.144. The second-order valence-corrected chi connectivity index (χ2v) is 8.60. The Hall–Kier alpha value is -3.73. The van der Waals surface area contributed by atoms with E-state index in [1.54, 1.807) is 24.3 Å². The molecule has 3 rings (SSSR count). The van der Waals surface area contributed by atoms with E-state index in [9.17, 15) is 14.4 Å². The number of aryl methyl sites for hydroxylation is 2. The summed E-state index contributed by atoms with van der Waals surface area (Å²) in [6, 6.07) is 23.2. The Morgan fingerprint density at radius 3 is 2.03 bits per heavy atom. The molecule has 0 bridgehead atoms. The number of unbranched alkanes of at least 4 members (excludes halogenated alkanes) is 1. The highest BCUT2D eigenvalue weighted by atomic mass is 16.5. The van der Waals surface area contributed by atoms with Gasteiger partial charge in [0.25, 0.3) is 5.91 Å². The van der Waals surface area contributed by atoms with E-state index in [1.807, 2.05) is 61.5 Å². The molecule has 3 aromatic rings. The first-order valence-corrected chi connectivity index (χ1v) is 12.2. The third-order valence-corrected chi connectivity index (χ3v) is 5.94. The van der Waals surface area contributed by atoms with Gasteiger partial charge in [-0.3, -0.25) is 9.59 Å². The van der Waals surface area contributed by atoms with Crippen molar-refractivity contribution < 1.29 is 19.1 Å². The standard InChI is InChI=1S/C30H33NO4/c1-3-5-9-23-14-18-26(19-15-23)29(33)31-27(20-24-10-7-6-8-11-24)30(34)35-21-28(32)25-16-12-22(4-2)13-17-25/h6-8,10-19,27H,3-5,9,20-21H2,1-2H3,(H,31,33)/t27-/m0/s1. The van der Waals surface area contributed by atoms with E-state index in [4.69, 9.17) is 4.74 Å². The second kappa shape index (κ2) is 13.2. The van der Waals surface area contributed by atoms with Crippen LogP contribution in [-0.4, -0.2) is 30.3 Å². The Kier molecular flexibility index (Phi) is 9.79. The normalized spacial score (nSPS) is 11.5. The largest absolute Gasteiger partial charge is 0.456 e. The van der Waals surface area contributed by atoms with Gasteiger partial charge in [-0.15, -0.1) is 0 Å². The lowest BCUT2D eigenvalue weighted by Crippen LogP contribution is -2.43. The lowest BCUT2D eigenvalue weighted by Gasteiger charge is -2.18. The summed E-state index contributed by atoms with van der Waals surface area (Å²) in [5.74, 6) is -1.28. The molecule has 3 aromatic carbocycles. The Morgan fingerprint density at radius 1 is 0.771 bits per heavy atom. The lowest BCUT2D eigenvalue weighted by atomic mass is 10.0. The first kappa shape index (κ1) is 25.9. The molecule has 0 spiro atoms. The monoisotopic (exact) mass is 471 g/mol. The van der Waals surface area contributed by atoms with Gasteiger partial charge in [0.05, 0.1) is 0 Å². The predicted molar refractivity (Wildman–Crippen MR) is 138 cm³/mol. The third kappa shape index (κ3) is 7.92. The number of Topliss-reactive ketones (excluding diaryl/α,β-unsaturated/α-hetero) is 1. The molecule has 0 aromatic heterocycles. The minimum Gasteiger partial charge on any atom is -0.456 e. The first-order valence-electron chi connectivity index (χ1n) is 12.2. The maximum atomic E-state index is 12.9. The summed E-state index contributed by atoms with van der Waals surface area (Å²) in [7, 11) is 0. The van der Waals surface area contributed by atoms with Crippen LogP contribution in [0.1, 0.15) is 64.1 Å². The molecule has 0 aliphatic rings. The van der Waals surface area contributed by atoms with Crippen molar-refractivity contribution in [2.75, 3.05) is 6.61 Å². The Morgan fingerprint density at radius 2 is 1.40 bits per heavy atom. The molecule has 1 atom stereocenters. The maximum Gasteiger partial charge on any atom is 0.329 e. The van der Waals surface area contributed by atoms with Crippen LogP contribution in [0, 0.1) is 0 Å². The number of esters is 1. The van der Waals surface area contributed by atoms with Crippen LogP contribution in [-0.2, 0) is 28.8 Å². The van der Waals surface area contributed by atoms with Crippen molar-refractivity contribution in [2.45, 2.75) is 52.0 Å². The zero-order valence-electron chi connectivity index (χ0n) is 20.5. The molecule has 0 aliphatic carbocycles. The number of hydrogen-bond acceptors (Lipinski definition) is 4. The van der Waals surface area contributed by atoms with Crippen molar-refractivity contribution in [3.63, 3.8) is 0 Å². The minimum atomic E-state index is -0.917. The van der Waals surface area contributed by atoms with Gasteiger partial charge in [0.2, 0.25) is 0 Å². The Bertz CT molecular complexity index is 1110. The number of amides is 1. The van der Waals surface area contributed by atoms with Gasteiger partial charge in [-0.2, -0.15) is 0 Å². The van der Waals surface area contributed by atoms with E-state index in [-0.39, 0.29) is 24.7 Å². The fraction of sp³-hybridized carbons (Fsp3) is 0.300. The van der Waals surface area contributed by atoms with Crippen molar-refractivity contribution in [3.8, 4) is 0 Å². The van der Waals surface area contributed by atoms with E-state index in [2.05, 4.69) is 12.2 Å². The van der Waals surface area contributed by atoms with E-state index in [1.165, 1.54) is 5.56 Å². The molecule has 0 aliphatic heterocycles. The average Bonchev–Trinajstić information content (AvgIpc) is 2.90. The second-order valence-electron chi connectivity index (χ2n) is 8.60. The summed E-state index contributed by atoms with van der Waals surface area (Å²) in [5, 5.41) is 2.80. The fourth-order valence-electron chi connectivity index (χ4n) is 3.74. The van der Waals surface area contributed by atoms with E-state index >= 15 is 0 Å². The molecule has 0 radical (unpaired) electrons. The Labute approximate surface area is 207 Å². The molecule has 0 saturated heterocycles. The van der Waals surface area contributed by atoms with E-state index < -0.39 is 12.0 Å². The molecular formula is C30H33NO4. The maximum absolute atomic E-state index is 12.9. The van der Waals surface area contributed by atoms with Gasteiger partial charge in [0.1, 0.15) is 6.04 Å². The quantitative estimate of drug-likeness (QED) is 0.285. The van der Waals surface area contributed by atoms with Gasteiger partial charge < -0.3 is 10.1 Å². The number of carbonyl (C=O) groups excluding carboxylic acids is 3. The van der Waals surface area contributed by atoms with Crippen molar-refractivity contribution in [3.05, 3.63) is 107 Å². The van der Waals surface area contributed by atoms with Crippen molar-refractivity contribution >= 4 is 17.7 Å². The van der Waals surface area contributed by atoms with Crippen LogP contribution in [0.3, 0.4) is 0 Å². The Balaban J connectivity index is 1.66. The third-order valence-electron chi connectivity index (χ3n) is 5.94. The molecule has 0 fully saturated rings. The summed E-state index contributed by atoms with van der Waals surface area (Å²) in [6.45, 7) is 3.81. The SMILES string of the molecule is CCCCc1ccc(C(=O)N[C@@H](Cc2ccccc2)C(=O)OCC(=O)c2ccc(CC)cc2)cc1. The van der Waals surface area contributed by atoms with Crippen LogP contribution in [0.15, 0.2) is 78.9 Å². The number of ketones is 1. The molecule has 182 valence electrons. The highest BCUT2D eigenvalue weighted by Crippen LogP contribution is 2.11. The number of hydrogen-bond donors (Lipinski definition) is 1. The predicted octanol–water partition coefficient (Wildman–Crippen LogP) is 5.36. The number of carbonyl (C=O) groups is 3. The number of ether oxygens (including phenoxy) is 1. The number of benzene rings is 3. The first-order chi connectivity index (χ1) is 17.0. The van der Waals surface area contributed by atoms with Crippen LogP contribution in [0.5, 0.6) is 0 Å². The molecule has 5 heteroatoms. The summed E-state index contributed by atoms with van der Waals surface area (Å²) in [4.78, 5) is 38.4. The molecule has 1 amide bonds. The van der Waals surface area contributed by atoms with Gasteiger partial charge in [0.15, 0.2) is 12.4 Å². The van der Waals surface area contributed by atoms with Crippen molar-refractivity contribution in [1.82, 2.24) is 5.32 Å². The molecule has 0 heterocycles. The zero-order valence-corrected chi connectivity index (χ0v) is 20.5. The van der Waals surface area contributed by atoms with E-state index in [0.717, 1.165) is 36.8 Å². The van der Waals surface area contributed by atoms with Crippen LogP contribution < -0.4 is 5.32 Å². The van der Waals surface area contributed by atoms with Crippen molar-refractivity contribution in [2.24, 2.45) is 0 Å². The fourth-order valence-corrected chi connectivity index (χ4v) is 3.74. The molecule has 1 N–H and O–H groups in total. The molecule has 35 heavy (non-hydrogen) atoms. The number of nitrogens with one attached hydrogen (secondary N) is 1. The molecule has 5 nitrogen and oxygen atoms in total. The summed E-state index contributed by atoms with van der Waals surface area (Å²) in [5.41, 5.74) is 4.15. The highest BCUT2D eigenvalue weighted by molar-refractivity contribution is 5.99.